The molecule has 1 saturated heterocycles. The largest absolute Gasteiger partial charge is 0.460 e. The molecule has 0 unspecified atom stereocenters. The molecule has 0 amide bonds. The number of esters is 1. The van der Waals surface area contributed by atoms with E-state index in [4.69, 9.17) is 9.15 Å². The molecule has 1 aromatic carbocycles. The van der Waals surface area contributed by atoms with E-state index in [1.165, 1.54) is 37.3 Å². The number of hydrogen-bond acceptors (Lipinski definition) is 3. The number of furan rings is 1. The molecule has 0 aliphatic carbocycles. The Hall–Kier alpha value is -1.81. The van der Waals surface area contributed by atoms with Crippen molar-refractivity contribution in [2.45, 2.75) is 32.7 Å². The summed E-state index contributed by atoms with van der Waals surface area (Å²) in [7, 11) is 0. The van der Waals surface area contributed by atoms with Crippen LogP contribution < -0.4 is 4.90 Å². The monoisotopic (exact) mass is 288 g/mol. The molecule has 0 spiro atoms. The van der Waals surface area contributed by atoms with Crippen LogP contribution in [0.25, 0.3) is 11.0 Å². The van der Waals surface area contributed by atoms with Crippen molar-refractivity contribution >= 4 is 16.9 Å². The van der Waals surface area contributed by atoms with Crippen molar-refractivity contribution in [3.05, 3.63) is 35.6 Å². The summed E-state index contributed by atoms with van der Waals surface area (Å²) < 4.78 is 10.9. The van der Waals surface area contributed by atoms with Gasteiger partial charge in [-0.05, 0) is 32.3 Å². The SMILES string of the molecule is CCOC(=O)c1oc2ccccc2c1C[NH+]1CCCCC1. The predicted molar refractivity (Wildman–Crippen MR) is 80.4 cm³/mol. The average molecular weight is 288 g/mol. The molecular weight excluding hydrogens is 266 g/mol. The molecule has 1 fully saturated rings. The zero-order valence-electron chi connectivity index (χ0n) is 12.5. The number of benzene rings is 1. The van der Waals surface area contributed by atoms with E-state index in [2.05, 4.69) is 0 Å². The number of fused-ring (bicyclic) bond motifs is 1. The van der Waals surface area contributed by atoms with Gasteiger partial charge in [0.05, 0.1) is 25.3 Å². The van der Waals surface area contributed by atoms with Gasteiger partial charge in [-0.1, -0.05) is 18.2 Å². The average Bonchev–Trinajstić information content (AvgIpc) is 2.88. The minimum Gasteiger partial charge on any atom is -0.460 e. The summed E-state index contributed by atoms with van der Waals surface area (Å²) in [5, 5.41) is 1.04. The van der Waals surface area contributed by atoms with Gasteiger partial charge in [-0.3, -0.25) is 0 Å². The topological polar surface area (TPSA) is 43.9 Å². The Morgan fingerprint density at radius 2 is 2.00 bits per heavy atom. The van der Waals surface area contributed by atoms with Gasteiger partial charge in [0.15, 0.2) is 0 Å². The fourth-order valence-electron chi connectivity index (χ4n) is 3.11. The molecule has 1 aliphatic heterocycles. The van der Waals surface area contributed by atoms with Gasteiger partial charge < -0.3 is 14.1 Å². The maximum Gasteiger partial charge on any atom is 0.374 e. The first kappa shape index (κ1) is 14.1. The van der Waals surface area contributed by atoms with Crippen molar-refractivity contribution in [1.29, 1.82) is 0 Å². The summed E-state index contributed by atoms with van der Waals surface area (Å²) >= 11 is 0. The van der Waals surface area contributed by atoms with Crippen LogP contribution in [0.15, 0.2) is 28.7 Å². The number of nitrogens with one attached hydrogen (secondary N) is 1. The number of carbonyl (C=O) groups is 1. The third kappa shape index (κ3) is 2.95. The Morgan fingerprint density at radius 1 is 1.24 bits per heavy atom. The molecule has 3 rings (SSSR count). The van der Waals surface area contributed by atoms with Gasteiger partial charge in [0.2, 0.25) is 5.76 Å². The van der Waals surface area contributed by atoms with Gasteiger partial charge in [-0.25, -0.2) is 4.79 Å². The standard InChI is InChI=1S/C17H21NO3/c1-2-20-17(19)16-14(12-18-10-6-3-7-11-18)13-8-4-5-9-15(13)21-16/h4-5,8-9H,2-3,6-7,10-12H2,1H3/p+1. The minimum absolute atomic E-state index is 0.347. The molecule has 1 N–H and O–H groups in total. The van der Waals surface area contributed by atoms with E-state index in [1.807, 2.05) is 31.2 Å². The molecule has 0 atom stereocenters. The zero-order chi connectivity index (χ0) is 14.7. The molecule has 1 aromatic heterocycles. The molecule has 0 saturated carbocycles. The summed E-state index contributed by atoms with van der Waals surface area (Å²) in [4.78, 5) is 13.7. The summed E-state index contributed by atoms with van der Waals surface area (Å²) in [6.45, 7) is 5.36. The summed E-state index contributed by atoms with van der Waals surface area (Å²) in [5.41, 5.74) is 1.77. The Bertz CT molecular complexity index is 626. The maximum absolute atomic E-state index is 12.2. The molecule has 2 heterocycles. The van der Waals surface area contributed by atoms with Crippen LogP contribution in [0.5, 0.6) is 0 Å². The predicted octanol–water partition coefficient (Wildman–Crippen LogP) is 2.18. The van der Waals surface area contributed by atoms with Crippen molar-refractivity contribution in [2.24, 2.45) is 0 Å². The Balaban J connectivity index is 1.96. The number of ether oxygens (including phenoxy) is 1. The van der Waals surface area contributed by atoms with Crippen molar-refractivity contribution in [2.75, 3.05) is 19.7 Å². The van der Waals surface area contributed by atoms with E-state index >= 15 is 0 Å². The molecule has 21 heavy (non-hydrogen) atoms. The van der Waals surface area contributed by atoms with Crippen LogP contribution in [-0.4, -0.2) is 25.7 Å². The molecule has 4 nitrogen and oxygen atoms in total. The summed E-state index contributed by atoms with van der Waals surface area (Å²) in [5.74, 6) is 0.0382. The minimum atomic E-state index is -0.347. The molecule has 0 bridgehead atoms. The van der Waals surface area contributed by atoms with Crippen LogP contribution in [-0.2, 0) is 11.3 Å². The van der Waals surface area contributed by atoms with Gasteiger partial charge in [0.1, 0.15) is 12.1 Å². The number of quaternary nitrogens is 1. The van der Waals surface area contributed by atoms with Crippen molar-refractivity contribution < 1.29 is 18.8 Å². The fourth-order valence-corrected chi connectivity index (χ4v) is 3.11. The molecule has 112 valence electrons. The highest BCUT2D eigenvalue weighted by Crippen LogP contribution is 2.26. The summed E-state index contributed by atoms with van der Waals surface area (Å²) in [6, 6.07) is 7.85. The van der Waals surface area contributed by atoms with Gasteiger partial charge in [-0.15, -0.1) is 0 Å². The Kier molecular flexibility index (Phi) is 4.25. The first-order chi connectivity index (χ1) is 10.3. The van der Waals surface area contributed by atoms with Crippen LogP contribution in [0, 0.1) is 0 Å². The first-order valence-corrected chi connectivity index (χ1v) is 7.80. The first-order valence-electron chi connectivity index (χ1n) is 7.80. The normalized spacial score (nSPS) is 16.2. The van der Waals surface area contributed by atoms with Crippen LogP contribution in [0.1, 0.15) is 42.3 Å². The van der Waals surface area contributed by atoms with E-state index < -0.39 is 0 Å². The number of para-hydroxylation sites is 1. The quantitative estimate of drug-likeness (QED) is 0.877. The third-order valence-corrected chi connectivity index (χ3v) is 4.15. The van der Waals surface area contributed by atoms with Crippen molar-refractivity contribution in [3.63, 3.8) is 0 Å². The van der Waals surface area contributed by atoms with E-state index in [0.717, 1.165) is 23.1 Å². The second kappa shape index (κ2) is 6.31. The highest BCUT2D eigenvalue weighted by atomic mass is 16.5. The van der Waals surface area contributed by atoms with E-state index in [0.29, 0.717) is 12.4 Å². The lowest BCUT2D eigenvalue weighted by Gasteiger charge is -2.23. The highest BCUT2D eigenvalue weighted by Gasteiger charge is 2.25. The molecule has 2 aromatic rings. The van der Waals surface area contributed by atoms with Crippen LogP contribution in [0.2, 0.25) is 0 Å². The van der Waals surface area contributed by atoms with E-state index in [9.17, 15) is 4.79 Å². The van der Waals surface area contributed by atoms with Gasteiger partial charge >= 0.3 is 5.97 Å². The second-order valence-electron chi connectivity index (χ2n) is 5.61. The number of likely N-dealkylation sites (tertiary alicyclic amines) is 1. The van der Waals surface area contributed by atoms with Gasteiger partial charge in [-0.2, -0.15) is 0 Å². The van der Waals surface area contributed by atoms with Gasteiger partial charge in [0, 0.05) is 5.39 Å². The van der Waals surface area contributed by atoms with Gasteiger partial charge in [0.25, 0.3) is 0 Å². The second-order valence-corrected chi connectivity index (χ2v) is 5.61. The maximum atomic E-state index is 12.2. The molecular formula is C17H22NO3+. The number of rotatable bonds is 4. The molecule has 0 radical (unpaired) electrons. The molecule has 1 aliphatic rings. The smallest absolute Gasteiger partial charge is 0.374 e. The number of carbonyl (C=O) groups excluding carboxylic acids is 1. The lowest BCUT2D eigenvalue weighted by Crippen LogP contribution is -3.11. The Labute approximate surface area is 124 Å². The lowest BCUT2D eigenvalue weighted by atomic mass is 10.1. The van der Waals surface area contributed by atoms with Crippen molar-refractivity contribution in [3.8, 4) is 0 Å². The molecule has 4 heteroatoms. The van der Waals surface area contributed by atoms with E-state index in [-0.39, 0.29) is 5.97 Å². The lowest BCUT2D eigenvalue weighted by molar-refractivity contribution is -0.918. The Morgan fingerprint density at radius 3 is 2.76 bits per heavy atom. The number of piperidine rings is 1. The van der Waals surface area contributed by atoms with Crippen molar-refractivity contribution in [1.82, 2.24) is 0 Å². The van der Waals surface area contributed by atoms with Crippen LogP contribution >= 0.6 is 0 Å². The third-order valence-electron chi connectivity index (χ3n) is 4.15. The van der Waals surface area contributed by atoms with Crippen LogP contribution in [0.3, 0.4) is 0 Å². The zero-order valence-corrected chi connectivity index (χ0v) is 12.5. The van der Waals surface area contributed by atoms with E-state index in [1.54, 1.807) is 0 Å². The fraction of sp³-hybridized carbons (Fsp3) is 0.471. The van der Waals surface area contributed by atoms with Crippen LogP contribution in [0.4, 0.5) is 0 Å². The highest BCUT2D eigenvalue weighted by molar-refractivity contribution is 5.95. The summed E-state index contributed by atoms with van der Waals surface area (Å²) in [6.07, 6.45) is 3.85. The number of hydrogen-bond donors (Lipinski definition) is 1.